The van der Waals surface area contributed by atoms with E-state index >= 15 is 0 Å². The number of nitrogens with zero attached hydrogens (tertiary/aromatic N) is 1. The first kappa shape index (κ1) is 13.8. The Bertz CT molecular complexity index is 365. The van der Waals surface area contributed by atoms with E-state index in [0.717, 1.165) is 11.4 Å². The third kappa shape index (κ3) is 4.85. The van der Waals surface area contributed by atoms with Crippen molar-refractivity contribution in [3.63, 3.8) is 0 Å². The summed E-state index contributed by atoms with van der Waals surface area (Å²) >= 11 is 0. The summed E-state index contributed by atoms with van der Waals surface area (Å²) in [6.45, 7) is 0. The number of hydrogen-bond donors (Lipinski definition) is 3. The van der Waals surface area contributed by atoms with Gasteiger partial charge in [0.1, 0.15) is 0 Å². The molecule has 16 heavy (non-hydrogen) atoms. The van der Waals surface area contributed by atoms with Crippen LogP contribution in [-0.4, -0.2) is 36.2 Å². The fourth-order valence-electron chi connectivity index (χ4n) is 0.895. The van der Waals surface area contributed by atoms with Crippen molar-refractivity contribution >= 4 is 23.3 Å². The van der Waals surface area contributed by atoms with E-state index in [0.29, 0.717) is 0 Å². The van der Waals surface area contributed by atoms with Crippen LogP contribution in [0.1, 0.15) is 0 Å². The van der Waals surface area contributed by atoms with Crippen molar-refractivity contribution in [1.82, 2.24) is 0 Å². The molecule has 0 aliphatic heterocycles. The molecule has 1 aromatic carbocycles. The molecule has 0 aliphatic carbocycles. The van der Waals surface area contributed by atoms with Crippen molar-refractivity contribution in [2.75, 3.05) is 24.7 Å². The Morgan fingerprint density at radius 2 is 1.56 bits per heavy atom. The molecule has 0 spiro atoms. The lowest BCUT2D eigenvalue weighted by atomic mass is 10.2. The molecular formula is C10H14N2O4. The zero-order chi connectivity index (χ0) is 12.7. The summed E-state index contributed by atoms with van der Waals surface area (Å²) in [5, 5.41) is 14.8. The summed E-state index contributed by atoms with van der Waals surface area (Å²) in [5.74, 6) is -3.65. The Kier molecular flexibility index (Phi) is 5.40. The smallest absolute Gasteiger partial charge is 0.414 e. The van der Waals surface area contributed by atoms with E-state index in [4.69, 9.17) is 25.5 Å². The number of carboxylic acid groups (broad SMARTS) is 2. The van der Waals surface area contributed by atoms with Gasteiger partial charge < -0.3 is 20.8 Å². The predicted molar refractivity (Wildman–Crippen MR) is 60.5 cm³/mol. The highest BCUT2D eigenvalue weighted by atomic mass is 16.4. The monoisotopic (exact) mass is 226 g/mol. The fourth-order valence-corrected chi connectivity index (χ4v) is 0.895. The summed E-state index contributed by atoms with van der Waals surface area (Å²) in [5.41, 5.74) is 7.58. The molecular weight excluding hydrogens is 212 g/mol. The zero-order valence-corrected chi connectivity index (χ0v) is 9.04. The molecule has 1 aromatic rings. The van der Waals surface area contributed by atoms with Crippen molar-refractivity contribution in [3.05, 3.63) is 24.3 Å². The van der Waals surface area contributed by atoms with Crippen LogP contribution in [-0.2, 0) is 9.59 Å². The van der Waals surface area contributed by atoms with Gasteiger partial charge in [-0.1, -0.05) is 12.1 Å². The highest BCUT2D eigenvalue weighted by Crippen LogP contribution is 2.18. The number of hydrogen-bond acceptors (Lipinski definition) is 4. The minimum atomic E-state index is -1.82. The molecule has 0 heterocycles. The average molecular weight is 226 g/mol. The molecule has 0 amide bonds. The second kappa shape index (κ2) is 6.28. The second-order valence-corrected chi connectivity index (χ2v) is 3.06. The van der Waals surface area contributed by atoms with Crippen LogP contribution in [0.3, 0.4) is 0 Å². The third-order valence-electron chi connectivity index (χ3n) is 1.60. The molecule has 6 nitrogen and oxygen atoms in total. The molecule has 1 rings (SSSR count). The van der Waals surface area contributed by atoms with E-state index in [1.54, 1.807) is 0 Å². The van der Waals surface area contributed by atoms with Crippen molar-refractivity contribution in [2.45, 2.75) is 0 Å². The van der Waals surface area contributed by atoms with E-state index in [-0.39, 0.29) is 0 Å². The Labute approximate surface area is 92.9 Å². The van der Waals surface area contributed by atoms with Gasteiger partial charge in [0.25, 0.3) is 0 Å². The Morgan fingerprint density at radius 3 is 1.81 bits per heavy atom. The molecule has 4 N–H and O–H groups in total. The van der Waals surface area contributed by atoms with Gasteiger partial charge in [-0.15, -0.1) is 0 Å². The highest BCUT2D eigenvalue weighted by Gasteiger charge is 2.04. The van der Waals surface area contributed by atoms with Gasteiger partial charge in [0.05, 0.1) is 11.4 Å². The van der Waals surface area contributed by atoms with Gasteiger partial charge in [0, 0.05) is 14.1 Å². The Morgan fingerprint density at radius 1 is 1.12 bits per heavy atom. The van der Waals surface area contributed by atoms with Crippen LogP contribution in [0, 0.1) is 0 Å². The number of aliphatic carboxylic acids is 2. The van der Waals surface area contributed by atoms with E-state index in [1.165, 1.54) is 0 Å². The van der Waals surface area contributed by atoms with E-state index in [1.807, 2.05) is 43.3 Å². The number of nitrogens with two attached hydrogens (primary N) is 1. The third-order valence-corrected chi connectivity index (χ3v) is 1.60. The second-order valence-electron chi connectivity index (χ2n) is 3.06. The minimum Gasteiger partial charge on any atom is -0.473 e. The van der Waals surface area contributed by atoms with Crippen LogP contribution in [0.5, 0.6) is 0 Å². The maximum Gasteiger partial charge on any atom is 0.414 e. The van der Waals surface area contributed by atoms with E-state index < -0.39 is 11.9 Å². The van der Waals surface area contributed by atoms with Gasteiger partial charge in [-0.05, 0) is 12.1 Å². The predicted octanol–water partition coefficient (Wildman–Crippen LogP) is 0.490. The Hall–Kier alpha value is -2.24. The molecule has 0 saturated carbocycles. The molecule has 0 bridgehead atoms. The van der Waals surface area contributed by atoms with Crippen LogP contribution < -0.4 is 10.6 Å². The first-order valence-corrected chi connectivity index (χ1v) is 4.34. The lowest BCUT2D eigenvalue weighted by Crippen LogP contribution is -2.10. The first-order valence-electron chi connectivity index (χ1n) is 4.34. The van der Waals surface area contributed by atoms with Gasteiger partial charge in [0.15, 0.2) is 0 Å². The molecule has 0 aromatic heterocycles. The normalized spacial score (nSPS) is 8.62. The summed E-state index contributed by atoms with van der Waals surface area (Å²) in [4.78, 5) is 20.2. The molecule has 0 fully saturated rings. The number of anilines is 2. The van der Waals surface area contributed by atoms with Crippen molar-refractivity contribution in [3.8, 4) is 0 Å². The highest BCUT2D eigenvalue weighted by molar-refractivity contribution is 6.27. The lowest BCUT2D eigenvalue weighted by Gasteiger charge is -2.13. The van der Waals surface area contributed by atoms with Gasteiger partial charge in [0.2, 0.25) is 0 Å². The average Bonchev–Trinajstić information content (AvgIpc) is 2.18. The fraction of sp³-hybridized carbons (Fsp3) is 0.200. The first-order chi connectivity index (χ1) is 7.36. The Balaban J connectivity index is 0.000000325. The largest absolute Gasteiger partial charge is 0.473 e. The maximum atomic E-state index is 9.10. The van der Waals surface area contributed by atoms with Crippen LogP contribution in [0.4, 0.5) is 11.4 Å². The zero-order valence-electron chi connectivity index (χ0n) is 9.04. The number of carbonyl (C=O) groups is 2. The number of nitrogen functional groups attached to an aromatic ring is 1. The standard InChI is InChI=1S/C8H12N2.C2H2O4/c1-10(2)8-6-4-3-5-7(8)9;3-1(4)2(5)6/h3-6H,9H2,1-2H3;(H,3,4)(H,5,6). The van der Waals surface area contributed by atoms with E-state index in [2.05, 4.69) is 0 Å². The van der Waals surface area contributed by atoms with E-state index in [9.17, 15) is 0 Å². The number of rotatable bonds is 1. The molecule has 0 aliphatic rings. The summed E-state index contributed by atoms with van der Waals surface area (Å²) in [7, 11) is 3.96. The van der Waals surface area contributed by atoms with Gasteiger partial charge in [-0.25, -0.2) is 9.59 Å². The topological polar surface area (TPSA) is 104 Å². The maximum absolute atomic E-state index is 9.10. The summed E-state index contributed by atoms with van der Waals surface area (Å²) < 4.78 is 0. The number of benzene rings is 1. The van der Waals surface area contributed by atoms with Gasteiger partial charge in [-0.2, -0.15) is 0 Å². The van der Waals surface area contributed by atoms with Crippen molar-refractivity contribution < 1.29 is 19.8 Å². The van der Waals surface area contributed by atoms with Gasteiger partial charge >= 0.3 is 11.9 Å². The SMILES string of the molecule is CN(C)c1ccccc1N.O=C(O)C(=O)O. The number of para-hydroxylation sites is 2. The summed E-state index contributed by atoms with van der Waals surface area (Å²) in [6, 6.07) is 7.80. The van der Waals surface area contributed by atoms with Gasteiger partial charge in [-0.3, -0.25) is 0 Å². The van der Waals surface area contributed by atoms with Crippen LogP contribution >= 0.6 is 0 Å². The molecule has 88 valence electrons. The lowest BCUT2D eigenvalue weighted by molar-refractivity contribution is -0.159. The van der Waals surface area contributed by atoms with Crippen molar-refractivity contribution in [2.24, 2.45) is 0 Å². The molecule has 0 atom stereocenters. The van der Waals surface area contributed by atoms with Crippen LogP contribution in [0.2, 0.25) is 0 Å². The summed E-state index contributed by atoms with van der Waals surface area (Å²) in [6.07, 6.45) is 0. The molecule has 0 unspecified atom stereocenters. The van der Waals surface area contributed by atoms with Crippen LogP contribution in [0.15, 0.2) is 24.3 Å². The molecule has 6 heteroatoms. The molecule has 0 saturated heterocycles. The van der Waals surface area contributed by atoms with Crippen molar-refractivity contribution in [1.29, 1.82) is 0 Å². The molecule has 0 radical (unpaired) electrons. The number of carboxylic acids is 2. The minimum absolute atomic E-state index is 0.826. The van der Waals surface area contributed by atoms with Crippen LogP contribution in [0.25, 0.3) is 0 Å². The quantitative estimate of drug-likeness (QED) is 0.475.